The van der Waals surface area contributed by atoms with Gasteiger partial charge < -0.3 is 15.8 Å². The number of nitrogens with two attached hydrogens (primary N) is 1. The van der Waals surface area contributed by atoms with Crippen LogP contribution in [0.3, 0.4) is 0 Å². The third kappa shape index (κ3) is 3.92. The number of ether oxygens (including phenoxy) is 1. The summed E-state index contributed by atoms with van der Waals surface area (Å²) in [5, 5.41) is 3.38. The molecule has 0 saturated heterocycles. The second kappa shape index (κ2) is 6.54. The van der Waals surface area contributed by atoms with Crippen LogP contribution in [0.1, 0.15) is 26.3 Å². The van der Waals surface area contributed by atoms with Crippen LogP contribution in [0.25, 0.3) is 0 Å². The van der Waals surface area contributed by atoms with E-state index in [0.717, 1.165) is 5.56 Å². The van der Waals surface area contributed by atoms with Crippen LogP contribution in [-0.4, -0.2) is 22.6 Å². The van der Waals surface area contributed by atoms with Crippen LogP contribution in [0.5, 0.6) is 5.88 Å². The molecule has 1 atom stereocenters. The molecule has 2 aromatic rings. The molecule has 5 nitrogen and oxygen atoms in total. The summed E-state index contributed by atoms with van der Waals surface area (Å²) in [6.07, 6.45) is 1.56. The molecule has 0 saturated carbocycles. The zero-order chi connectivity index (χ0) is 15.3. The van der Waals surface area contributed by atoms with Crippen LogP contribution >= 0.6 is 0 Å². The SMILES string of the molecule is CC(C)Oc1cc(NC(C)(CN)c2ccccc2)ncn1. The summed E-state index contributed by atoms with van der Waals surface area (Å²) >= 11 is 0. The molecular formula is C16H22N4O. The third-order valence-electron chi connectivity index (χ3n) is 3.22. The first-order valence-corrected chi connectivity index (χ1v) is 7.06. The summed E-state index contributed by atoms with van der Waals surface area (Å²) in [7, 11) is 0. The highest BCUT2D eigenvalue weighted by atomic mass is 16.5. The lowest BCUT2D eigenvalue weighted by molar-refractivity contribution is 0.232. The fourth-order valence-corrected chi connectivity index (χ4v) is 2.04. The van der Waals surface area contributed by atoms with E-state index in [2.05, 4.69) is 15.3 Å². The Hall–Kier alpha value is -2.14. The Morgan fingerprint density at radius 1 is 1.24 bits per heavy atom. The first-order chi connectivity index (χ1) is 10.0. The van der Waals surface area contributed by atoms with Gasteiger partial charge in [0.25, 0.3) is 0 Å². The van der Waals surface area contributed by atoms with Gasteiger partial charge in [-0.1, -0.05) is 30.3 Å². The van der Waals surface area contributed by atoms with Crippen molar-refractivity contribution < 1.29 is 4.74 Å². The van der Waals surface area contributed by atoms with Gasteiger partial charge in [-0.3, -0.25) is 0 Å². The summed E-state index contributed by atoms with van der Waals surface area (Å²) in [5.41, 5.74) is 6.68. The molecule has 1 aromatic carbocycles. The van der Waals surface area contributed by atoms with Crippen molar-refractivity contribution in [2.24, 2.45) is 5.73 Å². The van der Waals surface area contributed by atoms with Gasteiger partial charge >= 0.3 is 0 Å². The smallest absolute Gasteiger partial charge is 0.218 e. The summed E-state index contributed by atoms with van der Waals surface area (Å²) in [5.74, 6) is 1.24. The maximum atomic E-state index is 5.97. The van der Waals surface area contributed by atoms with Gasteiger partial charge in [0, 0.05) is 12.6 Å². The van der Waals surface area contributed by atoms with Crippen molar-refractivity contribution in [3.05, 3.63) is 48.3 Å². The lowest BCUT2D eigenvalue weighted by Gasteiger charge is -2.30. The quantitative estimate of drug-likeness (QED) is 0.853. The normalized spacial score (nSPS) is 13.8. The second-order valence-electron chi connectivity index (χ2n) is 5.44. The molecule has 1 aromatic heterocycles. The van der Waals surface area contributed by atoms with Crippen LogP contribution in [0.4, 0.5) is 5.82 Å². The zero-order valence-electron chi connectivity index (χ0n) is 12.7. The van der Waals surface area contributed by atoms with Crippen molar-refractivity contribution >= 4 is 5.82 Å². The molecule has 1 heterocycles. The molecule has 0 spiro atoms. The Balaban J connectivity index is 2.22. The first-order valence-electron chi connectivity index (χ1n) is 7.06. The molecule has 21 heavy (non-hydrogen) atoms. The number of aromatic nitrogens is 2. The van der Waals surface area contributed by atoms with E-state index < -0.39 is 5.54 Å². The van der Waals surface area contributed by atoms with Gasteiger partial charge in [-0.25, -0.2) is 9.97 Å². The van der Waals surface area contributed by atoms with E-state index >= 15 is 0 Å². The van der Waals surface area contributed by atoms with Gasteiger partial charge in [0.1, 0.15) is 12.1 Å². The molecule has 0 bridgehead atoms. The van der Waals surface area contributed by atoms with Crippen molar-refractivity contribution in [3.63, 3.8) is 0 Å². The van der Waals surface area contributed by atoms with Crippen LogP contribution < -0.4 is 15.8 Å². The predicted molar refractivity (Wildman–Crippen MR) is 84.3 cm³/mol. The number of anilines is 1. The van der Waals surface area contributed by atoms with Crippen molar-refractivity contribution in [2.45, 2.75) is 32.4 Å². The third-order valence-corrected chi connectivity index (χ3v) is 3.22. The average molecular weight is 286 g/mol. The Morgan fingerprint density at radius 2 is 1.95 bits per heavy atom. The standard InChI is InChI=1S/C16H22N4O/c1-12(2)21-15-9-14(18-11-19-15)20-16(3,10-17)13-7-5-4-6-8-13/h4-9,11-12H,10,17H2,1-3H3,(H,18,19,20). The maximum absolute atomic E-state index is 5.97. The molecule has 5 heteroatoms. The number of nitrogens with zero attached hydrogens (tertiary/aromatic N) is 2. The van der Waals surface area contributed by atoms with E-state index in [0.29, 0.717) is 18.2 Å². The lowest BCUT2D eigenvalue weighted by Crippen LogP contribution is -2.40. The monoisotopic (exact) mass is 286 g/mol. The zero-order valence-corrected chi connectivity index (χ0v) is 12.7. The molecule has 3 N–H and O–H groups in total. The number of rotatable bonds is 6. The van der Waals surface area contributed by atoms with Gasteiger partial charge in [-0.2, -0.15) is 0 Å². The van der Waals surface area contributed by atoms with Crippen LogP contribution in [0.15, 0.2) is 42.7 Å². The Bertz CT molecular complexity index is 573. The largest absolute Gasteiger partial charge is 0.475 e. The van der Waals surface area contributed by atoms with Crippen LogP contribution in [0.2, 0.25) is 0 Å². The van der Waals surface area contributed by atoms with E-state index in [9.17, 15) is 0 Å². The summed E-state index contributed by atoms with van der Waals surface area (Å²) in [6.45, 7) is 6.42. The van der Waals surface area contributed by atoms with Crippen molar-refractivity contribution in [3.8, 4) is 5.88 Å². The minimum Gasteiger partial charge on any atom is -0.475 e. The lowest BCUT2D eigenvalue weighted by atomic mass is 9.92. The predicted octanol–water partition coefficient (Wildman–Crippen LogP) is 2.55. The first kappa shape index (κ1) is 15.3. The van der Waals surface area contributed by atoms with Gasteiger partial charge in [0.2, 0.25) is 5.88 Å². The van der Waals surface area contributed by atoms with E-state index in [4.69, 9.17) is 10.5 Å². The highest BCUT2D eigenvalue weighted by Crippen LogP contribution is 2.25. The fourth-order valence-electron chi connectivity index (χ4n) is 2.04. The Morgan fingerprint density at radius 3 is 2.57 bits per heavy atom. The molecule has 0 radical (unpaired) electrons. The topological polar surface area (TPSA) is 73.1 Å². The number of nitrogens with one attached hydrogen (secondary N) is 1. The highest BCUT2D eigenvalue weighted by molar-refractivity contribution is 5.43. The van der Waals surface area contributed by atoms with Crippen LogP contribution in [0, 0.1) is 0 Å². The summed E-state index contributed by atoms with van der Waals surface area (Å²) in [6, 6.07) is 11.9. The Kier molecular flexibility index (Phi) is 4.75. The van der Waals surface area contributed by atoms with Crippen molar-refractivity contribution in [1.82, 2.24) is 9.97 Å². The molecule has 0 fully saturated rings. The minimum atomic E-state index is -0.398. The highest BCUT2D eigenvalue weighted by Gasteiger charge is 2.25. The molecule has 112 valence electrons. The van der Waals surface area contributed by atoms with Gasteiger partial charge in [0.15, 0.2) is 0 Å². The average Bonchev–Trinajstić information content (AvgIpc) is 2.47. The molecular weight excluding hydrogens is 264 g/mol. The Labute approximate surface area is 125 Å². The van der Waals surface area contributed by atoms with E-state index in [1.807, 2.05) is 51.1 Å². The molecule has 0 amide bonds. The molecule has 2 rings (SSSR count). The van der Waals surface area contributed by atoms with Crippen molar-refractivity contribution in [1.29, 1.82) is 0 Å². The maximum Gasteiger partial charge on any atom is 0.218 e. The molecule has 0 aliphatic carbocycles. The second-order valence-corrected chi connectivity index (χ2v) is 5.44. The number of benzene rings is 1. The van der Waals surface area contributed by atoms with Gasteiger partial charge in [0.05, 0.1) is 11.6 Å². The molecule has 0 aliphatic heterocycles. The fraction of sp³-hybridized carbons (Fsp3) is 0.375. The van der Waals surface area contributed by atoms with Gasteiger partial charge in [-0.05, 0) is 26.3 Å². The molecule has 0 aliphatic rings. The summed E-state index contributed by atoms with van der Waals surface area (Å²) in [4.78, 5) is 8.35. The van der Waals surface area contributed by atoms with E-state index in [1.54, 1.807) is 6.07 Å². The van der Waals surface area contributed by atoms with Crippen molar-refractivity contribution in [2.75, 3.05) is 11.9 Å². The number of hydrogen-bond donors (Lipinski definition) is 2. The summed E-state index contributed by atoms with van der Waals surface area (Å²) < 4.78 is 5.59. The molecule has 1 unspecified atom stereocenters. The number of hydrogen-bond acceptors (Lipinski definition) is 5. The van der Waals surface area contributed by atoms with Gasteiger partial charge in [-0.15, -0.1) is 0 Å². The van der Waals surface area contributed by atoms with E-state index in [1.165, 1.54) is 6.33 Å². The minimum absolute atomic E-state index is 0.0720. The van der Waals surface area contributed by atoms with E-state index in [-0.39, 0.29) is 6.10 Å². The van der Waals surface area contributed by atoms with Crippen LogP contribution in [-0.2, 0) is 5.54 Å².